The number of nitrogens with zero attached hydrogens (tertiary/aromatic N) is 3. The third-order valence-electron chi connectivity index (χ3n) is 16.2. The molecule has 4 heterocycles. The Hall–Kier alpha value is -10.4. The molecule has 0 aliphatic carbocycles. The molecular weight excluding hydrogens is 1250 g/mol. The van der Waals surface area contributed by atoms with Gasteiger partial charge in [-0.2, -0.15) is 0 Å². The number of aliphatic carboxylic acids is 1. The van der Waals surface area contributed by atoms with Gasteiger partial charge in [0.25, 0.3) is 0 Å². The van der Waals surface area contributed by atoms with Crippen molar-refractivity contribution in [3.8, 4) is 0 Å². The molecular formula is C62H85N17O17. The number of aliphatic hydroxyl groups excluding tert-OH is 2. The zero-order chi connectivity index (χ0) is 70.5. The number of hydrogen-bond donors (Lipinski definition) is 17. The van der Waals surface area contributed by atoms with Crippen molar-refractivity contribution in [1.29, 1.82) is 0 Å². The Morgan fingerprint density at radius 2 is 1.09 bits per heavy atom. The molecule has 2 saturated heterocycles. The number of carbonyl (C=O) groups excluding carboxylic acids is 13. The van der Waals surface area contributed by atoms with E-state index in [9.17, 15) is 82.4 Å². The summed E-state index contributed by atoms with van der Waals surface area (Å²) < 4.78 is 0. The van der Waals surface area contributed by atoms with E-state index in [1.54, 1.807) is 74.6 Å². The fourth-order valence-corrected chi connectivity index (χ4v) is 11.3. The Morgan fingerprint density at radius 3 is 1.62 bits per heavy atom. The van der Waals surface area contributed by atoms with E-state index in [-0.39, 0.29) is 83.2 Å². The molecule has 0 unspecified atom stereocenters. The van der Waals surface area contributed by atoms with Crippen molar-refractivity contribution in [2.45, 2.75) is 170 Å². The Bertz CT molecular complexity index is 3460. The lowest BCUT2D eigenvalue weighted by Crippen LogP contribution is -2.62. The molecule has 12 atom stereocenters. The molecule has 520 valence electrons. The number of H-pyrrole nitrogens is 2. The third-order valence-corrected chi connectivity index (χ3v) is 16.2. The highest BCUT2D eigenvalue weighted by Gasteiger charge is 2.44. The first-order valence-electron chi connectivity index (χ1n) is 31.3. The van der Waals surface area contributed by atoms with Crippen molar-refractivity contribution in [3.05, 3.63) is 90.1 Å². The van der Waals surface area contributed by atoms with Gasteiger partial charge in [0.2, 0.25) is 76.8 Å². The van der Waals surface area contributed by atoms with Crippen molar-refractivity contribution in [1.82, 2.24) is 67.3 Å². The number of aromatic nitrogens is 3. The fraction of sp³-hybridized carbons (Fsp3) is 0.500. The zero-order valence-electron chi connectivity index (χ0n) is 53.2. The van der Waals surface area contributed by atoms with Crippen molar-refractivity contribution in [2.75, 3.05) is 19.7 Å². The number of carboxylic acids is 1. The summed E-state index contributed by atoms with van der Waals surface area (Å²) in [4.78, 5) is 201. The van der Waals surface area contributed by atoms with E-state index in [4.69, 9.17) is 22.9 Å². The van der Waals surface area contributed by atoms with Gasteiger partial charge in [-0.25, -0.2) is 9.78 Å². The van der Waals surface area contributed by atoms with Crippen molar-refractivity contribution in [2.24, 2.45) is 28.9 Å². The van der Waals surface area contributed by atoms with Crippen molar-refractivity contribution >= 4 is 93.7 Å². The van der Waals surface area contributed by atoms with E-state index in [2.05, 4.69) is 57.5 Å². The van der Waals surface area contributed by atoms with Crippen LogP contribution in [0.3, 0.4) is 0 Å². The first-order chi connectivity index (χ1) is 45.5. The predicted octanol–water partition coefficient (Wildman–Crippen LogP) is -5.37. The summed E-state index contributed by atoms with van der Waals surface area (Å²) in [6.45, 7) is 3.24. The van der Waals surface area contributed by atoms with Gasteiger partial charge in [-0.15, -0.1) is 0 Å². The van der Waals surface area contributed by atoms with Crippen LogP contribution in [0.1, 0.15) is 95.4 Å². The molecule has 13 amide bonds. The number of benzene rings is 2. The zero-order valence-corrected chi connectivity index (χ0v) is 53.2. The van der Waals surface area contributed by atoms with Crippen LogP contribution >= 0.6 is 0 Å². The second kappa shape index (κ2) is 35.2. The van der Waals surface area contributed by atoms with Crippen LogP contribution in [0.15, 0.2) is 73.3 Å². The minimum atomic E-state index is -1.98. The minimum Gasteiger partial charge on any atom is -0.480 e. The molecule has 21 N–H and O–H groups in total. The Balaban J connectivity index is 1.13. The topological polar surface area (TPSA) is 551 Å². The maximum absolute atomic E-state index is 14.5. The summed E-state index contributed by atoms with van der Waals surface area (Å²) >= 11 is 0. The molecule has 0 radical (unpaired) electrons. The van der Waals surface area contributed by atoms with Gasteiger partial charge in [0.05, 0.1) is 37.9 Å². The number of primary amides is 3. The van der Waals surface area contributed by atoms with Crippen LogP contribution in [0.2, 0.25) is 0 Å². The van der Waals surface area contributed by atoms with Crippen LogP contribution in [0.25, 0.3) is 10.9 Å². The van der Waals surface area contributed by atoms with Crippen LogP contribution in [-0.2, 0) is 86.4 Å². The van der Waals surface area contributed by atoms with Crippen LogP contribution in [0.5, 0.6) is 0 Å². The van der Waals surface area contributed by atoms with Crippen LogP contribution in [-0.4, -0.2) is 215 Å². The smallest absolute Gasteiger partial charge is 0.326 e. The molecule has 0 spiro atoms. The Labute approximate surface area is 550 Å². The van der Waals surface area contributed by atoms with Gasteiger partial charge >= 0.3 is 5.97 Å². The van der Waals surface area contributed by atoms with Crippen LogP contribution in [0, 0.1) is 5.92 Å². The lowest BCUT2D eigenvalue weighted by atomic mass is 10.00. The number of carboxylic acid groups (broad SMARTS) is 1. The monoisotopic (exact) mass is 1340 g/mol. The highest BCUT2D eigenvalue weighted by atomic mass is 16.4. The number of carbonyl (C=O) groups is 14. The van der Waals surface area contributed by atoms with Gasteiger partial charge in [-0.1, -0.05) is 62.4 Å². The van der Waals surface area contributed by atoms with Gasteiger partial charge in [0.15, 0.2) is 0 Å². The lowest BCUT2D eigenvalue weighted by Gasteiger charge is -2.31. The predicted molar refractivity (Wildman–Crippen MR) is 339 cm³/mol. The summed E-state index contributed by atoms with van der Waals surface area (Å²) in [5.74, 6) is -14.3. The SMILES string of the molecule is CC(C)C[C@H](NC(=O)[C@@H](N)CCC(N)=O)C(=O)N[C@@H](Cc1ccccc1)C(=O)N[C@@H](CC(N)=O)C(=O)N1CCC[C@H]1C(=O)N[C@@H](CO)C(=O)N[C@H](C(=O)N[C@@H](CC(N)=O)C(=O)N1CCC[C@H]1C(=O)N[C@@H](Cc1c[nH]c2ccccc12)C(=O)N[C@@H](Cc1cnc[nH]1)C(=O)O)[C@@H](C)O. The van der Waals surface area contributed by atoms with Gasteiger partial charge in [-0.3, -0.25) is 62.3 Å². The number of imidazole rings is 1. The average Bonchev–Trinajstić information content (AvgIpc) is 1.65. The lowest BCUT2D eigenvalue weighted by molar-refractivity contribution is -0.144. The maximum atomic E-state index is 14.5. The number of aliphatic hydroxyl groups is 2. The molecule has 0 saturated carbocycles. The number of amides is 13. The van der Waals surface area contributed by atoms with Crippen LogP contribution < -0.4 is 65.5 Å². The number of fused-ring (bicyclic) bond motifs is 1. The highest BCUT2D eigenvalue weighted by molar-refractivity contribution is 6.01. The molecule has 6 rings (SSSR count). The summed E-state index contributed by atoms with van der Waals surface area (Å²) in [7, 11) is 0. The number of nitrogens with one attached hydrogen (secondary N) is 10. The van der Waals surface area contributed by atoms with Crippen LogP contribution in [0.4, 0.5) is 0 Å². The summed E-state index contributed by atoms with van der Waals surface area (Å²) in [6, 6.07) is -1.59. The number of nitrogens with two attached hydrogens (primary N) is 4. The highest BCUT2D eigenvalue weighted by Crippen LogP contribution is 2.24. The molecule has 2 aromatic carbocycles. The number of hydrogen-bond acceptors (Lipinski definition) is 18. The molecule has 2 aliphatic heterocycles. The van der Waals surface area contributed by atoms with Crippen molar-refractivity contribution < 1.29 is 82.4 Å². The molecule has 2 aromatic heterocycles. The standard InChI is InChI=1S/C62H85N17O17/c1-31(2)21-39(70-52(85)37(63)17-18-48(64)82)53(86)71-40(22-33-11-5-4-6-12-33)54(87)73-42(25-49(65)83)60(93)79-20-10-16-47(79)58(91)76-45(29-80)56(89)77-51(32(3)81)59(92)74-43(26-50(66)84)61(94)78-19-9-15-46(78)57(90)72-41(23-34-27-68-38-14-8-7-13-36(34)38)55(88)75-44(62(95)96)24-35-28-67-30-69-35/h4-8,11-14,27-28,30-32,37,39-47,51,68,80-81H,9-10,15-26,29,63H2,1-3H3,(H2,64,82)(H2,65,83)(H2,66,84)(H,67,69)(H,70,85)(H,71,86)(H,72,90)(H,73,87)(H,74,92)(H,75,88)(H,76,91)(H,77,89)(H,95,96)/t32-,37+,39+,40+,41+,42+,43+,44+,45+,46+,47+,51+/m1/s1. The summed E-state index contributed by atoms with van der Waals surface area (Å²) in [5.41, 5.74) is 24.5. The maximum Gasteiger partial charge on any atom is 0.326 e. The Kier molecular flexibility index (Phi) is 27.4. The quantitative estimate of drug-likeness (QED) is 0.0202. The van der Waals surface area contributed by atoms with E-state index < -0.39 is 175 Å². The van der Waals surface area contributed by atoms with E-state index in [1.165, 1.54) is 12.5 Å². The normalized spacial score (nSPS) is 17.6. The first-order valence-corrected chi connectivity index (χ1v) is 31.3. The molecule has 2 fully saturated rings. The number of likely N-dealkylation sites (tertiary alicyclic amines) is 2. The van der Waals surface area contributed by atoms with E-state index in [0.29, 0.717) is 27.7 Å². The van der Waals surface area contributed by atoms with E-state index >= 15 is 0 Å². The molecule has 2 aliphatic rings. The molecule has 4 aromatic rings. The van der Waals surface area contributed by atoms with Gasteiger partial charge in [-0.05, 0) is 68.6 Å². The molecule has 34 heteroatoms. The molecule has 34 nitrogen and oxygen atoms in total. The van der Waals surface area contributed by atoms with Crippen molar-refractivity contribution in [3.63, 3.8) is 0 Å². The van der Waals surface area contributed by atoms with Gasteiger partial charge < -0.3 is 101 Å². The second-order valence-electron chi connectivity index (χ2n) is 24.2. The number of rotatable bonds is 36. The number of para-hydroxylation sites is 1. The first kappa shape index (κ1) is 74.7. The summed E-state index contributed by atoms with van der Waals surface area (Å²) in [6.07, 6.45) is 0.466. The minimum absolute atomic E-state index is 0.0206. The largest absolute Gasteiger partial charge is 0.480 e. The number of aromatic amines is 2. The van der Waals surface area contributed by atoms with Gasteiger partial charge in [0.1, 0.15) is 60.4 Å². The molecule has 0 bridgehead atoms. The van der Waals surface area contributed by atoms with E-state index in [0.717, 1.165) is 16.7 Å². The van der Waals surface area contributed by atoms with Gasteiger partial charge in [0, 0.05) is 67.8 Å². The molecule has 96 heavy (non-hydrogen) atoms. The van der Waals surface area contributed by atoms with E-state index in [1.807, 2.05) is 0 Å². The average molecular weight is 1340 g/mol. The fourth-order valence-electron chi connectivity index (χ4n) is 11.3. The second-order valence-corrected chi connectivity index (χ2v) is 24.2. The third kappa shape index (κ3) is 21.3. The summed E-state index contributed by atoms with van der Waals surface area (Å²) in [5, 5.41) is 51.8. The Morgan fingerprint density at radius 1 is 0.583 bits per heavy atom.